The molecular weight excluding hydrogens is 480 g/mol. The van der Waals surface area contributed by atoms with Gasteiger partial charge < -0.3 is 4.90 Å². The summed E-state index contributed by atoms with van der Waals surface area (Å²) in [5.74, 6) is 0. The maximum atomic E-state index is 13.0. The fourth-order valence-corrected chi connectivity index (χ4v) is 7.30. The second-order valence-corrected chi connectivity index (χ2v) is 12.0. The Morgan fingerprint density at radius 1 is 1.10 bits per heavy atom. The first-order chi connectivity index (χ1) is 14.3. The van der Waals surface area contributed by atoms with Gasteiger partial charge in [-0.05, 0) is 50.5 Å². The molecule has 0 bridgehead atoms. The van der Waals surface area contributed by atoms with Gasteiger partial charge in [-0.3, -0.25) is 0 Å². The van der Waals surface area contributed by atoms with Crippen LogP contribution in [0.1, 0.15) is 35.2 Å². The third-order valence-corrected chi connectivity index (χ3v) is 9.19. The number of sulfone groups is 1. The van der Waals surface area contributed by atoms with Gasteiger partial charge in [0.05, 0.1) is 15.8 Å². The molecule has 0 radical (unpaired) electrons. The summed E-state index contributed by atoms with van der Waals surface area (Å²) < 4.78 is 26.8. The molecule has 4 nitrogen and oxygen atoms in total. The number of hydrogen-bond donors (Lipinski definition) is 0. The van der Waals surface area contributed by atoms with Crippen molar-refractivity contribution < 1.29 is 8.42 Å². The Kier molecular flexibility index (Phi) is 6.32. The molecule has 0 unspecified atom stereocenters. The number of halogens is 1. The highest BCUT2D eigenvalue weighted by Gasteiger charge is 2.32. The van der Waals surface area contributed by atoms with Crippen molar-refractivity contribution in [3.63, 3.8) is 0 Å². The van der Waals surface area contributed by atoms with E-state index >= 15 is 0 Å². The molecule has 2 heterocycles. The molecule has 7 heteroatoms. The smallest absolute Gasteiger partial charge is 0.185 e. The van der Waals surface area contributed by atoms with Crippen LogP contribution in [0.5, 0.6) is 0 Å². The fraction of sp³-hybridized carbons (Fsp3) is 0.348. The highest BCUT2D eigenvalue weighted by Crippen LogP contribution is 2.30. The summed E-state index contributed by atoms with van der Waals surface area (Å²) >= 11 is 5.02. The van der Waals surface area contributed by atoms with Gasteiger partial charge in [0.2, 0.25) is 0 Å². The average Bonchev–Trinajstić information content (AvgIpc) is 3.16. The summed E-state index contributed by atoms with van der Waals surface area (Å²) in [5.41, 5.74) is 4.90. The third kappa shape index (κ3) is 4.79. The summed E-state index contributed by atoms with van der Waals surface area (Å²) in [5, 5.41) is 2.78. The summed E-state index contributed by atoms with van der Waals surface area (Å²) in [6, 6.07) is 13.6. The molecule has 1 aliphatic heterocycles. The number of anilines is 1. The molecule has 0 saturated carbocycles. The Hall–Kier alpha value is -1.70. The van der Waals surface area contributed by atoms with Crippen molar-refractivity contribution in [2.45, 2.75) is 43.3 Å². The zero-order chi connectivity index (χ0) is 21.3. The molecular formula is C23H25BrN2O2S2. The molecule has 0 spiro atoms. The van der Waals surface area contributed by atoms with E-state index in [1.54, 1.807) is 29.5 Å². The van der Waals surface area contributed by atoms with E-state index in [0.29, 0.717) is 30.8 Å². The Labute approximate surface area is 191 Å². The van der Waals surface area contributed by atoms with Crippen molar-refractivity contribution in [1.82, 2.24) is 4.98 Å². The van der Waals surface area contributed by atoms with Crippen molar-refractivity contribution in [3.8, 4) is 0 Å². The fourth-order valence-electron chi connectivity index (χ4n) is 4.10. The van der Waals surface area contributed by atoms with Crippen LogP contribution in [0.25, 0.3) is 0 Å². The molecule has 0 N–H and O–H groups in total. The van der Waals surface area contributed by atoms with Crippen LogP contribution < -0.4 is 4.90 Å². The lowest BCUT2D eigenvalue weighted by atomic mass is 10.0. The Bertz CT molecular complexity index is 1130. The predicted molar refractivity (Wildman–Crippen MR) is 127 cm³/mol. The lowest BCUT2D eigenvalue weighted by Crippen LogP contribution is -2.39. The molecule has 2 aromatic carbocycles. The van der Waals surface area contributed by atoms with E-state index in [1.165, 1.54) is 16.7 Å². The Balaban J connectivity index is 1.41. The maximum absolute atomic E-state index is 13.0. The molecule has 4 rings (SSSR count). The van der Waals surface area contributed by atoms with Gasteiger partial charge in [0.25, 0.3) is 0 Å². The molecule has 1 fully saturated rings. The van der Waals surface area contributed by atoms with Gasteiger partial charge in [-0.25, -0.2) is 13.4 Å². The van der Waals surface area contributed by atoms with Crippen LogP contribution in [0.2, 0.25) is 0 Å². The minimum atomic E-state index is -3.31. The summed E-state index contributed by atoms with van der Waals surface area (Å²) in [4.78, 5) is 7.46. The zero-order valence-electron chi connectivity index (χ0n) is 17.1. The van der Waals surface area contributed by atoms with E-state index in [9.17, 15) is 8.42 Å². The summed E-state index contributed by atoms with van der Waals surface area (Å²) in [6.07, 6.45) is 2.08. The lowest BCUT2D eigenvalue weighted by molar-refractivity contribution is 0.529. The SMILES string of the molecule is Cc1cc(C)cc(Cc2csc(N3CCC(S(=O)(=O)c4cccc(Br)c4)CC3)n2)c1. The van der Waals surface area contributed by atoms with Crippen LogP contribution in [0, 0.1) is 13.8 Å². The zero-order valence-corrected chi connectivity index (χ0v) is 20.4. The number of rotatable bonds is 5. The first kappa shape index (κ1) is 21.5. The van der Waals surface area contributed by atoms with Gasteiger partial charge in [0.1, 0.15) is 0 Å². The van der Waals surface area contributed by atoms with Gasteiger partial charge in [-0.2, -0.15) is 0 Å². The number of aryl methyl sites for hydroxylation is 2. The van der Waals surface area contributed by atoms with E-state index in [-0.39, 0.29) is 5.25 Å². The third-order valence-electron chi connectivity index (χ3n) is 5.48. The first-order valence-corrected chi connectivity index (χ1v) is 13.3. The van der Waals surface area contributed by atoms with Crippen LogP contribution in [0.4, 0.5) is 5.13 Å². The molecule has 30 heavy (non-hydrogen) atoms. The molecule has 1 saturated heterocycles. The van der Waals surface area contributed by atoms with Crippen molar-refractivity contribution in [2.24, 2.45) is 0 Å². The molecule has 3 aromatic rings. The molecule has 1 aromatic heterocycles. The van der Waals surface area contributed by atoms with Gasteiger partial charge in [0.15, 0.2) is 15.0 Å². The van der Waals surface area contributed by atoms with Crippen molar-refractivity contribution in [2.75, 3.05) is 18.0 Å². The normalized spacial score (nSPS) is 15.5. The monoisotopic (exact) mass is 504 g/mol. The van der Waals surface area contributed by atoms with E-state index in [2.05, 4.69) is 58.3 Å². The van der Waals surface area contributed by atoms with Crippen molar-refractivity contribution >= 4 is 42.2 Å². The van der Waals surface area contributed by atoms with Gasteiger partial charge in [-0.1, -0.05) is 51.3 Å². The Morgan fingerprint density at radius 3 is 2.47 bits per heavy atom. The van der Waals surface area contributed by atoms with Crippen LogP contribution in [-0.2, 0) is 16.3 Å². The van der Waals surface area contributed by atoms with E-state index in [0.717, 1.165) is 21.7 Å². The summed E-state index contributed by atoms with van der Waals surface area (Å²) in [6.45, 7) is 5.67. The number of nitrogens with zero attached hydrogens (tertiary/aromatic N) is 2. The maximum Gasteiger partial charge on any atom is 0.185 e. The van der Waals surface area contributed by atoms with Crippen LogP contribution in [0.15, 0.2) is 57.2 Å². The van der Waals surface area contributed by atoms with Gasteiger partial charge in [-0.15, -0.1) is 11.3 Å². The highest BCUT2D eigenvalue weighted by molar-refractivity contribution is 9.10. The summed E-state index contributed by atoms with van der Waals surface area (Å²) in [7, 11) is -3.31. The predicted octanol–water partition coefficient (Wildman–Crippen LogP) is 5.56. The van der Waals surface area contributed by atoms with Crippen LogP contribution in [0.3, 0.4) is 0 Å². The minimum absolute atomic E-state index is 0.335. The Morgan fingerprint density at radius 2 is 1.80 bits per heavy atom. The number of hydrogen-bond acceptors (Lipinski definition) is 5. The van der Waals surface area contributed by atoms with Gasteiger partial charge >= 0.3 is 0 Å². The molecule has 0 atom stereocenters. The highest BCUT2D eigenvalue weighted by atomic mass is 79.9. The second-order valence-electron chi connectivity index (χ2n) is 7.98. The van der Waals surface area contributed by atoms with E-state index < -0.39 is 9.84 Å². The van der Waals surface area contributed by atoms with Crippen LogP contribution in [-0.4, -0.2) is 31.7 Å². The number of piperidine rings is 1. The van der Waals surface area contributed by atoms with E-state index in [1.807, 2.05) is 6.07 Å². The number of thiazole rings is 1. The topological polar surface area (TPSA) is 50.3 Å². The average molecular weight is 506 g/mol. The lowest BCUT2D eigenvalue weighted by Gasteiger charge is -2.31. The number of benzene rings is 2. The minimum Gasteiger partial charge on any atom is -0.348 e. The quantitative estimate of drug-likeness (QED) is 0.456. The molecule has 158 valence electrons. The standard InChI is InChI=1S/C23H25BrN2O2S2/c1-16-10-17(2)12-18(11-16)13-20-15-29-23(25-20)26-8-6-21(7-9-26)30(27,28)22-5-3-4-19(24)14-22/h3-5,10-12,14-15,21H,6-9,13H2,1-2H3. The van der Waals surface area contributed by atoms with E-state index in [4.69, 9.17) is 4.98 Å². The number of aromatic nitrogens is 1. The largest absolute Gasteiger partial charge is 0.348 e. The molecule has 0 aliphatic carbocycles. The first-order valence-electron chi connectivity index (χ1n) is 10.1. The van der Waals surface area contributed by atoms with Crippen LogP contribution >= 0.6 is 27.3 Å². The molecule has 0 amide bonds. The second kappa shape index (κ2) is 8.81. The molecule has 1 aliphatic rings. The van der Waals surface area contributed by atoms with Gasteiger partial charge in [0, 0.05) is 29.4 Å². The van der Waals surface area contributed by atoms with Crippen molar-refractivity contribution in [3.05, 3.63) is 74.7 Å². The van der Waals surface area contributed by atoms with Crippen molar-refractivity contribution in [1.29, 1.82) is 0 Å².